The van der Waals surface area contributed by atoms with Crippen molar-refractivity contribution in [3.8, 4) is 16.9 Å². The number of aliphatic hydroxyl groups excluding tert-OH is 1. The average molecular weight is 538 g/mol. The van der Waals surface area contributed by atoms with Crippen molar-refractivity contribution in [1.82, 2.24) is 0 Å². The van der Waals surface area contributed by atoms with Gasteiger partial charge in [0.15, 0.2) is 6.61 Å². The molecule has 1 aliphatic heterocycles. The van der Waals surface area contributed by atoms with Gasteiger partial charge in [-0.25, -0.2) is 9.18 Å². The number of carboxylic acid groups (broad SMARTS) is 1. The minimum absolute atomic E-state index is 0.0539. The summed E-state index contributed by atoms with van der Waals surface area (Å²) in [5.41, 5.74) is -2.51. The number of ether oxygens (including phenoxy) is 1. The molecule has 0 fully saturated rings. The summed E-state index contributed by atoms with van der Waals surface area (Å²) in [6.07, 6.45) is -5.61. The van der Waals surface area contributed by atoms with Crippen molar-refractivity contribution in [2.45, 2.75) is 18.0 Å². The largest absolute Gasteiger partial charge is 0.482 e. The Morgan fingerprint density at radius 3 is 2.35 bits per heavy atom. The third-order valence-electron chi connectivity index (χ3n) is 6.49. The zero-order chi connectivity index (χ0) is 27.1. The summed E-state index contributed by atoms with van der Waals surface area (Å²) in [5.74, 6) is -2.68. The quantitative estimate of drug-likeness (QED) is 0.420. The lowest BCUT2D eigenvalue weighted by atomic mass is 9.75. The summed E-state index contributed by atoms with van der Waals surface area (Å²) in [7, 11) is 1.48. The van der Waals surface area contributed by atoms with E-state index in [0.717, 1.165) is 18.2 Å². The van der Waals surface area contributed by atoms with Crippen LogP contribution in [0.2, 0.25) is 5.02 Å². The van der Waals surface area contributed by atoms with Crippen LogP contribution in [0.1, 0.15) is 21.5 Å². The fraction of sp³-hybridized carbons (Fsp3) is 0.231. The van der Waals surface area contributed by atoms with Gasteiger partial charge in [-0.1, -0.05) is 35.9 Å². The number of carbonyl (C=O) groups is 2. The van der Waals surface area contributed by atoms with Crippen molar-refractivity contribution in [3.63, 3.8) is 0 Å². The third-order valence-corrected chi connectivity index (χ3v) is 6.84. The van der Waals surface area contributed by atoms with Crippen LogP contribution < -0.4 is 9.64 Å². The first-order valence-electron chi connectivity index (χ1n) is 10.9. The van der Waals surface area contributed by atoms with E-state index in [9.17, 15) is 32.3 Å². The summed E-state index contributed by atoms with van der Waals surface area (Å²) >= 11 is 6.35. The second-order valence-corrected chi connectivity index (χ2v) is 9.05. The van der Waals surface area contributed by atoms with Gasteiger partial charge in [-0.3, -0.25) is 4.79 Å². The Bertz CT molecular complexity index is 1390. The highest BCUT2D eigenvalue weighted by Gasteiger charge is 2.56. The maximum atomic E-state index is 14.5. The molecule has 37 heavy (non-hydrogen) atoms. The van der Waals surface area contributed by atoms with E-state index in [1.165, 1.54) is 48.3 Å². The molecule has 3 aromatic carbocycles. The molecule has 1 amide bonds. The Kier molecular flexibility index (Phi) is 6.91. The topological polar surface area (TPSA) is 87.1 Å². The molecule has 1 unspecified atom stereocenters. The molecular formula is C26H20ClF4NO5. The number of hydrogen-bond donors (Lipinski definition) is 2. The first-order valence-corrected chi connectivity index (χ1v) is 11.3. The van der Waals surface area contributed by atoms with E-state index in [1.54, 1.807) is 0 Å². The van der Waals surface area contributed by atoms with Crippen LogP contribution in [0.5, 0.6) is 5.75 Å². The van der Waals surface area contributed by atoms with E-state index in [-0.39, 0.29) is 40.0 Å². The van der Waals surface area contributed by atoms with Crippen LogP contribution in [0.25, 0.3) is 11.1 Å². The van der Waals surface area contributed by atoms with Crippen LogP contribution in [0.4, 0.5) is 23.2 Å². The SMILES string of the molecule is CN1C(=O)COc2cc(C(CO)(Cc3ccc(-c4ccc(C(=O)O)c(F)c4)cc3Cl)C(F)(F)F)ccc21. The average Bonchev–Trinajstić information content (AvgIpc) is 2.84. The lowest BCUT2D eigenvalue weighted by molar-refractivity contribution is -0.201. The van der Waals surface area contributed by atoms with Gasteiger partial charge in [0, 0.05) is 12.1 Å². The maximum absolute atomic E-state index is 14.5. The van der Waals surface area contributed by atoms with Crippen LogP contribution in [-0.2, 0) is 16.6 Å². The number of halogens is 5. The molecule has 4 rings (SSSR count). The number of carboxylic acids is 1. The van der Waals surface area contributed by atoms with E-state index < -0.39 is 42.0 Å². The fourth-order valence-electron chi connectivity index (χ4n) is 4.24. The zero-order valence-electron chi connectivity index (χ0n) is 19.3. The van der Waals surface area contributed by atoms with Crippen molar-refractivity contribution < 1.29 is 42.1 Å². The number of benzene rings is 3. The lowest BCUT2D eigenvalue weighted by Gasteiger charge is -2.36. The summed E-state index contributed by atoms with van der Waals surface area (Å²) in [4.78, 5) is 24.2. The standard InChI is InChI=1S/C26H20ClF4NO5/c1-32-21-7-5-17(10-22(21)37-12-23(32)34)25(13-33,26(29,30)31)11-16-3-2-14(8-19(16)27)15-4-6-18(24(35)36)20(28)9-15/h2-10,33H,11-13H2,1H3,(H,35,36). The lowest BCUT2D eigenvalue weighted by Crippen LogP contribution is -2.47. The molecule has 0 spiro atoms. The molecule has 3 aromatic rings. The minimum atomic E-state index is -4.90. The molecule has 1 heterocycles. The zero-order valence-corrected chi connectivity index (χ0v) is 20.0. The van der Waals surface area contributed by atoms with Gasteiger partial charge < -0.3 is 19.8 Å². The van der Waals surface area contributed by atoms with Gasteiger partial charge in [-0.05, 0) is 59.0 Å². The molecule has 0 bridgehead atoms. The van der Waals surface area contributed by atoms with Gasteiger partial charge in [-0.2, -0.15) is 13.2 Å². The van der Waals surface area contributed by atoms with Crippen molar-refractivity contribution in [2.24, 2.45) is 0 Å². The third kappa shape index (κ3) is 4.74. The van der Waals surface area contributed by atoms with E-state index in [4.69, 9.17) is 21.4 Å². The number of fused-ring (bicyclic) bond motifs is 1. The van der Waals surface area contributed by atoms with Gasteiger partial charge in [-0.15, -0.1) is 0 Å². The van der Waals surface area contributed by atoms with E-state index in [2.05, 4.69) is 0 Å². The maximum Gasteiger partial charge on any atom is 0.400 e. The number of nitrogens with zero attached hydrogens (tertiary/aromatic N) is 1. The van der Waals surface area contributed by atoms with Crippen molar-refractivity contribution in [1.29, 1.82) is 0 Å². The van der Waals surface area contributed by atoms with Crippen LogP contribution in [0.3, 0.4) is 0 Å². The molecule has 0 aliphatic carbocycles. The predicted molar refractivity (Wildman–Crippen MR) is 128 cm³/mol. The Morgan fingerprint density at radius 1 is 1.08 bits per heavy atom. The van der Waals surface area contributed by atoms with Gasteiger partial charge in [0.25, 0.3) is 5.91 Å². The highest BCUT2D eigenvalue weighted by molar-refractivity contribution is 6.31. The normalized spacial score (nSPS) is 15.1. The Hall–Kier alpha value is -3.63. The van der Waals surface area contributed by atoms with Gasteiger partial charge >= 0.3 is 12.1 Å². The van der Waals surface area contributed by atoms with Crippen LogP contribution >= 0.6 is 11.6 Å². The molecule has 194 valence electrons. The summed E-state index contributed by atoms with van der Waals surface area (Å²) in [6.45, 7) is -1.61. The van der Waals surface area contributed by atoms with E-state index >= 15 is 0 Å². The second kappa shape index (κ2) is 9.68. The van der Waals surface area contributed by atoms with Crippen LogP contribution in [-0.4, -0.2) is 48.5 Å². The number of carbonyl (C=O) groups excluding carboxylic acids is 1. The molecule has 1 aliphatic rings. The van der Waals surface area contributed by atoms with Crippen LogP contribution in [0, 0.1) is 5.82 Å². The summed E-state index contributed by atoms with van der Waals surface area (Å²) in [6, 6.07) is 11.3. The molecule has 0 radical (unpaired) electrons. The van der Waals surface area contributed by atoms with E-state index in [1.807, 2.05) is 0 Å². The van der Waals surface area contributed by atoms with Crippen molar-refractivity contribution >= 4 is 29.2 Å². The molecule has 0 aromatic heterocycles. The molecule has 11 heteroatoms. The number of rotatable bonds is 6. The second-order valence-electron chi connectivity index (χ2n) is 8.64. The molecule has 0 saturated heterocycles. The van der Waals surface area contributed by atoms with Gasteiger partial charge in [0.05, 0.1) is 17.9 Å². The Labute approximate surface area is 213 Å². The summed E-state index contributed by atoms with van der Waals surface area (Å²) < 4.78 is 63.1. The molecular weight excluding hydrogens is 518 g/mol. The molecule has 2 N–H and O–H groups in total. The number of likely N-dealkylation sites (N-methyl/N-ethyl adjacent to an activating group) is 1. The fourth-order valence-corrected chi connectivity index (χ4v) is 4.49. The Morgan fingerprint density at radius 2 is 1.76 bits per heavy atom. The highest BCUT2D eigenvalue weighted by atomic mass is 35.5. The van der Waals surface area contributed by atoms with Crippen molar-refractivity contribution in [2.75, 3.05) is 25.2 Å². The molecule has 0 saturated carbocycles. The monoisotopic (exact) mass is 537 g/mol. The molecule has 6 nitrogen and oxygen atoms in total. The number of aliphatic hydroxyl groups is 1. The number of hydrogen-bond acceptors (Lipinski definition) is 4. The van der Waals surface area contributed by atoms with E-state index in [0.29, 0.717) is 11.3 Å². The smallest absolute Gasteiger partial charge is 0.400 e. The first kappa shape index (κ1) is 26.4. The number of alkyl halides is 3. The number of anilines is 1. The Balaban J connectivity index is 1.73. The predicted octanol–water partition coefficient (Wildman–Crippen LogP) is 5.23. The minimum Gasteiger partial charge on any atom is -0.482 e. The van der Waals surface area contributed by atoms with Crippen molar-refractivity contribution in [3.05, 3.63) is 82.1 Å². The highest BCUT2D eigenvalue weighted by Crippen LogP contribution is 2.47. The molecule has 1 atom stereocenters. The van der Waals surface area contributed by atoms with Gasteiger partial charge in [0.2, 0.25) is 0 Å². The number of amides is 1. The summed E-state index contributed by atoms with van der Waals surface area (Å²) in [5, 5.41) is 19.0. The van der Waals surface area contributed by atoms with Gasteiger partial charge in [0.1, 0.15) is 17.0 Å². The first-order chi connectivity index (χ1) is 17.4. The van der Waals surface area contributed by atoms with Crippen LogP contribution in [0.15, 0.2) is 54.6 Å². The number of aromatic carboxylic acids is 1.